The topological polar surface area (TPSA) is 88.3 Å². The molecule has 18 heavy (non-hydrogen) atoms. The van der Waals surface area contributed by atoms with E-state index in [2.05, 4.69) is 10.3 Å². The van der Waals surface area contributed by atoms with Gasteiger partial charge in [-0.2, -0.15) is 0 Å². The largest absolute Gasteiger partial charge is 0.355 e. The molecule has 1 saturated heterocycles. The summed E-state index contributed by atoms with van der Waals surface area (Å²) in [6.07, 6.45) is 1.99. The fourth-order valence-corrected chi connectivity index (χ4v) is 2.07. The average Bonchev–Trinajstić information content (AvgIpc) is 2.79. The molecule has 2 rings (SSSR count). The summed E-state index contributed by atoms with van der Waals surface area (Å²) in [7, 11) is 1.55. The standard InChI is InChI=1S/C12H16N4O2/c1-14-12(18)9-3-2-4-15-11(9)16-7-8(6-13)5-10(16)17/h2-4,8H,5-7,13H2,1H3,(H,14,18). The van der Waals surface area contributed by atoms with Gasteiger partial charge in [-0.1, -0.05) is 0 Å². The van der Waals surface area contributed by atoms with Gasteiger partial charge in [0, 0.05) is 26.2 Å². The number of hydrogen-bond donors (Lipinski definition) is 2. The van der Waals surface area contributed by atoms with E-state index >= 15 is 0 Å². The van der Waals surface area contributed by atoms with Crippen molar-refractivity contribution in [2.45, 2.75) is 6.42 Å². The summed E-state index contributed by atoms with van der Waals surface area (Å²) in [4.78, 5) is 29.3. The molecule has 96 valence electrons. The van der Waals surface area contributed by atoms with Crippen LogP contribution in [-0.2, 0) is 4.79 Å². The van der Waals surface area contributed by atoms with E-state index in [0.29, 0.717) is 30.9 Å². The third-order valence-electron chi connectivity index (χ3n) is 3.05. The fourth-order valence-electron chi connectivity index (χ4n) is 2.07. The van der Waals surface area contributed by atoms with Gasteiger partial charge in [-0.3, -0.25) is 14.5 Å². The van der Waals surface area contributed by atoms with Crippen molar-refractivity contribution in [1.29, 1.82) is 0 Å². The number of carbonyl (C=O) groups excluding carboxylic acids is 2. The molecule has 2 amide bonds. The van der Waals surface area contributed by atoms with Gasteiger partial charge in [-0.25, -0.2) is 4.98 Å². The molecule has 1 unspecified atom stereocenters. The first-order valence-corrected chi connectivity index (χ1v) is 5.85. The van der Waals surface area contributed by atoms with Crippen LogP contribution in [0.1, 0.15) is 16.8 Å². The zero-order chi connectivity index (χ0) is 13.1. The van der Waals surface area contributed by atoms with E-state index in [1.54, 1.807) is 30.3 Å². The highest BCUT2D eigenvalue weighted by Gasteiger charge is 2.32. The van der Waals surface area contributed by atoms with Crippen molar-refractivity contribution >= 4 is 17.6 Å². The van der Waals surface area contributed by atoms with Gasteiger partial charge in [0.25, 0.3) is 5.91 Å². The van der Waals surface area contributed by atoms with Crippen LogP contribution in [0.5, 0.6) is 0 Å². The molecular formula is C12H16N4O2. The molecule has 3 N–H and O–H groups in total. The second-order valence-electron chi connectivity index (χ2n) is 4.26. The Labute approximate surface area is 105 Å². The third-order valence-corrected chi connectivity index (χ3v) is 3.05. The third kappa shape index (κ3) is 2.19. The molecule has 1 aliphatic rings. The summed E-state index contributed by atoms with van der Waals surface area (Å²) in [5.41, 5.74) is 5.99. The first kappa shape index (κ1) is 12.5. The predicted octanol–water partition coefficient (Wildman–Crippen LogP) is -0.247. The van der Waals surface area contributed by atoms with Crippen LogP contribution in [0.15, 0.2) is 18.3 Å². The predicted molar refractivity (Wildman–Crippen MR) is 67.1 cm³/mol. The first-order chi connectivity index (χ1) is 8.67. The van der Waals surface area contributed by atoms with E-state index in [9.17, 15) is 9.59 Å². The molecule has 1 atom stereocenters. The maximum absolute atomic E-state index is 11.9. The zero-order valence-electron chi connectivity index (χ0n) is 10.2. The maximum Gasteiger partial charge on any atom is 0.254 e. The van der Waals surface area contributed by atoms with Gasteiger partial charge in [0.05, 0.1) is 5.56 Å². The number of anilines is 1. The number of carbonyl (C=O) groups is 2. The Kier molecular flexibility index (Phi) is 3.57. The number of pyridine rings is 1. The highest BCUT2D eigenvalue weighted by atomic mass is 16.2. The molecular weight excluding hydrogens is 232 g/mol. The monoisotopic (exact) mass is 248 g/mol. The van der Waals surface area contributed by atoms with Crippen molar-refractivity contribution in [3.63, 3.8) is 0 Å². The van der Waals surface area contributed by atoms with Crippen molar-refractivity contribution in [3.05, 3.63) is 23.9 Å². The summed E-state index contributed by atoms with van der Waals surface area (Å²) in [6.45, 7) is 0.987. The van der Waals surface area contributed by atoms with Crippen molar-refractivity contribution in [2.24, 2.45) is 11.7 Å². The summed E-state index contributed by atoms with van der Waals surface area (Å²) < 4.78 is 0. The maximum atomic E-state index is 11.9. The van der Waals surface area contributed by atoms with Crippen LogP contribution in [0.3, 0.4) is 0 Å². The summed E-state index contributed by atoms with van der Waals surface area (Å²) >= 11 is 0. The number of nitrogens with one attached hydrogen (secondary N) is 1. The van der Waals surface area contributed by atoms with E-state index in [1.807, 2.05) is 0 Å². The molecule has 6 nitrogen and oxygen atoms in total. The highest BCUT2D eigenvalue weighted by Crippen LogP contribution is 2.25. The van der Waals surface area contributed by atoms with Crippen molar-refractivity contribution in [1.82, 2.24) is 10.3 Å². The van der Waals surface area contributed by atoms with Crippen LogP contribution >= 0.6 is 0 Å². The van der Waals surface area contributed by atoms with E-state index in [4.69, 9.17) is 5.73 Å². The smallest absolute Gasteiger partial charge is 0.254 e. The van der Waals surface area contributed by atoms with E-state index in [-0.39, 0.29) is 17.7 Å². The Morgan fingerprint density at radius 3 is 3.06 bits per heavy atom. The number of aromatic nitrogens is 1. The molecule has 6 heteroatoms. The molecule has 1 aromatic rings. The van der Waals surface area contributed by atoms with Gasteiger partial charge >= 0.3 is 0 Å². The minimum absolute atomic E-state index is 0.0331. The van der Waals surface area contributed by atoms with Gasteiger partial charge in [-0.05, 0) is 24.6 Å². The lowest BCUT2D eigenvalue weighted by Gasteiger charge is -2.18. The fraction of sp³-hybridized carbons (Fsp3) is 0.417. The molecule has 0 spiro atoms. The van der Waals surface area contributed by atoms with Crippen molar-refractivity contribution in [2.75, 3.05) is 25.0 Å². The lowest BCUT2D eigenvalue weighted by Crippen LogP contribution is -2.30. The van der Waals surface area contributed by atoms with Gasteiger partial charge in [-0.15, -0.1) is 0 Å². The van der Waals surface area contributed by atoms with Crippen LogP contribution in [0, 0.1) is 5.92 Å². The second kappa shape index (κ2) is 5.14. The zero-order valence-corrected chi connectivity index (χ0v) is 10.2. The first-order valence-electron chi connectivity index (χ1n) is 5.85. The van der Waals surface area contributed by atoms with Crippen LogP contribution in [0.2, 0.25) is 0 Å². The van der Waals surface area contributed by atoms with Gasteiger partial charge < -0.3 is 11.1 Å². The minimum Gasteiger partial charge on any atom is -0.355 e. The molecule has 0 aliphatic carbocycles. The van der Waals surface area contributed by atoms with Gasteiger partial charge in [0.15, 0.2) is 0 Å². The number of rotatable bonds is 3. The quantitative estimate of drug-likeness (QED) is 0.772. The van der Waals surface area contributed by atoms with Crippen molar-refractivity contribution < 1.29 is 9.59 Å². The molecule has 0 bridgehead atoms. The number of nitrogens with two attached hydrogens (primary N) is 1. The van der Waals surface area contributed by atoms with E-state index in [1.165, 1.54) is 0 Å². The van der Waals surface area contributed by atoms with E-state index < -0.39 is 0 Å². The van der Waals surface area contributed by atoms with Crippen LogP contribution < -0.4 is 16.0 Å². The Morgan fingerprint density at radius 1 is 1.67 bits per heavy atom. The number of nitrogens with zero attached hydrogens (tertiary/aromatic N) is 2. The van der Waals surface area contributed by atoms with Crippen LogP contribution in [0.4, 0.5) is 5.82 Å². The number of hydrogen-bond acceptors (Lipinski definition) is 4. The Hall–Kier alpha value is -1.95. The molecule has 0 radical (unpaired) electrons. The average molecular weight is 248 g/mol. The molecule has 1 aliphatic heterocycles. The summed E-state index contributed by atoms with van der Waals surface area (Å²) in [5, 5.41) is 2.54. The van der Waals surface area contributed by atoms with Crippen molar-refractivity contribution in [3.8, 4) is 0 Å². The van der Waals surface area contributed by atoms with Crippen LogP contribution in [0.25, 0.3) is 0 Å². The van der Waals surface area contributed by atoms with Gasteiger partial charge in [0.2, 0.25) is 5.91 Å². The lowest BCUT2D eigenvalue weighted by molar-refractivity contribution is -0.117. The normalized spacial score (nSPS) is 19.1. The Morgan fingerprint density at radius 2 is 2.44 bits per heavy atom. The van der Waals surface area contributed by atoms with Crippen LogP contribution in [-0.4, -0.2) is 36.9 Å². The Bertz CT molecular complexity index is 475. The molecule has 0 saturated carbocycles. The molecule has 1 fully saturated rings. The molecule has 2 heterocycles. The van der Waals surface area contributed by atoms with Gasteiger partial charge in [0.1, 0.15) is 5.82 Å². The lowest BCUT2D eigenvalue weighted by atomic mass is 10.1. The number of amides is 2. The summed E-state index contributed by atoms with van der Waals surface area (Å²) in [5.74, 6) is 0.270. The highest BCUT2D eigenvalue weighted by molar-refractivity contribution is 6.04. The van der Waals surface area contributed by atoms with E-state index in [0.717, 1.165) is 0 Å². The minimum atomic E-state index is -0.248. The Balaban J connectivity index is 2.34. The molecule has 1 aromatic heterocycles. The summed E-state index contributed by atoms with van der Waals surface area (Å²) in [6, 6.07) is 3.33. The SMILES string of the molecule is CNC(=O)c1cccnc1N1CC(CN)CC1=O. The molecule has 0 aromatic carbocycles. The second-order valence-corrected chi connectivity index (χ2v) is 4.26.